The number of nitrogens with zero attached hydrogens (tertiary/aromatic N) is 2. The lowest BCUT2D eigenvalue weighted by atomic mass is 9.82. The summed E-state index contributed by atoms with van der Waals surface area (Å²) in [5.41, 5.74) is -0.697. The summed E-state index contributed by atoms with van der Waals surface area (Å²) < 4.78 is 10.6. The van der Waals surface area contributed by atoms with Crippen molar-refractivity contribution >= 4 is 29.0 Å². The van der Waals surface area contributed by atoms with Gasteiger partial charge in [-0.25, -0.2) is 0 Å². The van der Waals surface area contributed by atoms with E-state index in [2.05, 4.69) is 6.58 Å². The molecule has 1 fully saturated rings. The van der Waals surface area contributed by atoms with Crippen LogP contribution in [0.3, 0.4) is 0 Å². The number of anilines is 1. The number of ether oxygens (including phenoxy) is 2. The van der Waals surface area contributed by atoms with Crippen molar-refractivity contribution in [3.63, 3.8) is 0 Å². The first-order valence-corrected chi connectivity index (χ1v) is 11.5. The van der Waals surface area contributed by atoms with E-state index in [9.17, 15) is 19.5 Å². The zero-order valence-electron chi connectivity index (χ0n) is 19.8. The van der Waals surface area contributed by atoms with Gasteiger partial charge in [0.2, 0.25) is 0 Å². The maximum Gasteiger partial charge on any atom is 0.296 e. The molecule has 2 aliphatic rings. The average Bonchev–Trinajstić information content (AvgIpc) is 3.24. The van der Waals surface area contributed by atoms with Crippen LogP contribution < -0.4 is 9.64 Å². The Morgan fingerprint density at radius 3 is 2.49 bits per heavy atom. The number of ketones is 1. The fraction of sp³-hybridized carbons (Fsp3) is 0.296. The first kappa shape index (κ1) is 24.2. The summed E-state index contributed by atoms with van der Waals surface area (Å²) in [5, 5.41) is 11.4. The van der Waals surface area contributed by atoms with Gasteiger partial charge in [0.05, 0.1) is 17.9 Å². The number of hydrogen-bond donors (Lipinski definition) is 1. The third-order valence-corrected chi connectivity index (χ3v) is 6.29. The van der Waals surface area contributed by atoms with Crippen molar-refractivity contribution in [2.75, 3.05) is 38.3 Å². The number of likely N-dealkylation sites (tertiary alicyclic amines) is 1. The number of para-hydroxylation sites is 1. The predicted molar refractivity (Wildman–Crippen MR) is 131 cm³/mol. The lowest BCUT2D eigenvalue weighted by Crippen LogP contribution is -2.52. The zero-order valence-corrected chi connectivity index (χ0v) is 19.8. The number of amides is 2. The monoisotopic (exact) mass is 476 g/mol. The largest absolute Gasteiger partial charge is 0.507 e. The summed E-state index contributed by atoms with van der Waals surface area (Å²) in [7, 11) is 1.54. The maximum atomic E-state index is 14.1. The molecule has 2 aromatic carbocycles. The molecule has 35 heavy (non-hydrogen) atoms. The van der Waals surface area contributed by atoms with Crippen LogP contribution in [0.1, 0.15) is 24.5 Å². The highest BCUT2D eigenvalue weighted by atomic mass is 16.5. The van der Waals surface area contributed by atoms with Gasteiger partial charge in [-0.05, 0) is 43.7 Å². The molecule has 8 nitrogen and oxygen atoms in total. The van der Waals surface area contributed by atoms with Gasteiger partial charge >= 0.3 is 0 Å². The summed E-state index contributed by atoms with van der Waals surface area (Å²) in [6.45, 7) is 6.70. The average molecular weight is 477 g/mol. The van der Waals surface area contributed by atoms with E-state index in [1.807, 2.05) is 6.92 Å². The van der Waals surface area contributed by atoms with Crippen LogP contribution >= 0.6 is 0 Å². The van der Waals surface area contributed by atoms with Crippen LogP contribution in [0.4, 0.5) is 5.69 Å². The number of hydrogen-bond acceptors (Lipinski definition) is 6. The number of Topliss-reactive ketones (excluding diaryl/α,β-unsaturated/α-hetero) is 1. The van der Waals surface area contributed by atoms with Crippen molar-refractivity contribution in [3.8, 4) is 5.75 Å². The molecule has 0 saturated carbocycles. The van der Waals surface area contributed by atoms with E-state index in [0.29, 0.717) is 42.2 Å². The Morgan fingerprint density at radius 1 is 1.11 bits per heavy atom. The predicted octanol–water partition coefficient (Wildman–Crippen LogP) is 3.23. The molecule has 0 unspecified atom stereocenters. The van der Waals surface area contributed by atoms with Gasteiger partial charge in [-0.2, -0.15) is 0 Å². The minimum atomic E-state index is -1.79. The molecule has 1 atom stereocenters. The maximum absolute atomic E-state index is 14.1. The number of benzene rings is 2. The fourth-order valence-corrected chi connectivity index (χ4v) is 4.86. The second kappa shape index (κ2) is 9.76. The van der Waals surface area contributed by atoms with Crippen LogP contribution in [0.2, 0.25) is 0 Å². The van der Waals surface area contributed by atoms with Gasteiger partial charge in [0.25, 0.3) is 17.6 Å². The molecule has 0 aliphatic carbocycles. The highest BCUT2D eigenvalue weighted by molar-refractivity contribution is 6.50. The number of aliphatic hydroxyl groups excluding tert-OH is 1. The Labute approximate surface area is 204 Å². The minimum absolute atomic E-state index is 0.0977. The molecule has 2 amide bonds. The molecule has 1 spiro atoms. The molecule has 0 bridgehead atoms. The molecule has 1 saturated heterocycles. The summed E-state index contributed by atoms with van der Waals surface area (Å²) in [6, 6.07) is 13.5. The summed E-state index contributed by atoms with van der Waals surface area (Å²) in [5.74, 6) is -2.04. The van der Waals surface area contributed by atoms with E-state index in [1.165, 1.54) is 16.9 Å². The van der Waals surface area contributed by atoms with Crippen LogP contribution in [0.5, 0.6) is 5.75 Å². The van der Waals surface area contributed by atoms with Crippen LogP contribution in [-0.4, -0.2) is 61.0 Å². The summed E-state index contributed by atoms with van der Waals surface area (Å²) >= 11 is 0. The first-order valence-electron chi connectivity index (χ1n) is 11.5. The zero-order chi connectivity index (χ0) is 25.2. The van der Waals surface area contributed by atoms with Crippen molar-refractivity contribution in [2.45, 2.75) is 18.9 Å². The number of fused-ring (bicyclic) bond motifs is 2. The van der Waals surface area contributed by atoms with E-state index in [1.54, 1.807) is 54.6 Å². The normalized spacial score (nSPS) is 20.6. The molecule has 2 aliphatic heterocycles. The molecule has 0 radical (unpaired) electrons. The summed E-state index contributed by atoms with van der Waals surface area (Å²) in [4.78, 5) is 43.7. The Morgan fingerprint density at radius 2 is 1.83 bits per heavy atom. The van der Waals surface area contributed by atoms with Gasteiger partial charge in [0.15, 0.2) is 5.54 Å². The van der Waals surface area contributed by atoms with Crippen molar-refractivity contribution in [2.24, 2.45) is 0 Å². The van der Waals surface area contributed by atoms with Crippen LogP contribution in [0, 0.1) is 0 Å². The Bertz CT molecular complexity index is 1200. The topological polar surface area (TPSA) is 96.4 Å². The number of methoxy groups -OCH3 is 1. The number of aliphatic hydroxyl groups is 1. The van der Waals surface area contributed by atoms with Crippen LogP contribution in [0.25, 0.3) is 5.76 Å². The SMILES string of the molecule is C=CCN1C(=O)[C@]2(C(=C(O)c3ccc(OCC)cc3)C(=O)C(=O)N2CCCOC)c2ccccc21. The molecular formula is C27H28N2O6. The molecule has 182 valence electrons. The molecular weight excluding hydrogens is 448 g/mol. The molecule has 2 aromatic rings. The number of carbonyl (C=O) groups is 3. The standard InChI is InChI=1S/C27H28N2O6/c1-4-15-28-21-10-7-6-9-20(21)27(26(28)33)22(24(31)25(32)29(27)16-8-17-34-3)23(30)18-11-13-19(14-12-18)35-5-2/h4,6-7,9-14,30H,1,5,8,15-17H2,2-3H3/t27-/m1/s1. The Balaban J connectivity index is 1.97. The molecule has 2 heterocycles. The van der Waals surface area contributed by atoms with Gasteiger partial charge in [-0.1, -0.05) is 24.3 Å². The van der Waals surface area contributed by atoms with E-state index in [-0.39, 0.29) is 18.7 Å². The lowest BCUT2D eigenvalue weighted by Gasteiger charge is -2.34. The third-order valence-electron chi connectivity index (χ3n) is 6.29. The Kier molecular flexibility index (Phi) is 6.75. The minimum Gasteiger partial charge on any atom is -0.507 e. The second-order valence-electron chi connectivity index (χ2n) is 8.25. The smallest absolute Gasteiger partial charge is 0.296 e. The number of rotatable bonds is 9. The van der Waals surface area contributed by atoms with Crippen LogP contribution in [-0.2, 0) is 24.7 Å². The van der Waals surface area contributed by atoms with Crippen molar-refractivity contribution in [1.29, 1.82) is 0 Å². The van der Waals surface area contributed by atoms with E-state index in [4.69, 9.17) is 9.47 Å². The number of carbonyl (C=O) groups excluding carboxylic acids is 3. The molecule has 1 N–H and O–H groups in total. The third kappa shape index (κ3) is 3.70. The Hall–Kier alpha value is -3.91. The van der Waals surface area contributed by atoms with Gasteiger partial charge in [-0.15, -0.1) is 6.58 Å². The highest BCUT2D eigenvalue weighted by Crippen LogP contribution is 2.53. The molecule has 8 heteroatoms. The summed E-state index contributed by atoms with van der Waals surface area (Å²) in [6.07, 6.45) is 1.99. The van der Waals surface area contributed by atoms with Gasteiger partial charge in [0.1, 0.15) is 11.5 Å². The van der Waals surface area contributed by atoms with Crippen LogP contribution in [0.15, 0.2) is 66.8 Å². The molecule has 4 rings (SSSR count). The van der Waals surface area contributed by atoms with Gasteiger partial charge < -0.3 is 24.4 Å². The first-order chi connectivity index (χ1) is 16.9. The van der Waals surface area contributed by atoms with E-state index in [0.717, 1.165) is 0 Å². The van der Waals surface area contributed by atoms with Crippen molar-refractivity contribution < 1.29 is 29.0 Å². The molecule has 0 aromatic heterocycles. The van der Waals surface area contributed by atoms with Crippen molar-refractivity contribution in [1.82, 2.24) is 4.90 Å². The lowest BCUT2D eigenvalue weighted by molar-refractivity contribution is -0.143. The fourth-order valence-electron chi connectivity index (χ4n) is 4.86. The van der Waals surface area contributed by atoms with Gasteiger partial charge in [0, 0.05) is 37.9 Å². The highest BCUT2D eigenvalue weighted by Gasteiger charge is 2.66. The van der Waals surface area contributed by atoms with Gasteiger partial charge in [-0.3, -0.25) is 14.4 Å². The van der Waals surface area contributed by atoms with Crippen molar-refractivity contribution in [3.05, 3.63) is 77.9 Å². The quantitative estimate of drug-likeness (QED) is 0.196. The second-order valence-corrected chi connectivity index (χ2v) is 8.25. The van der Waals surface area contributed by atoms with E-state index < -0.39 is 28.9 Å². The van der Waals surface area contributed by atoms with E-state index >= 15 is 0 Å².